The first-order chi connectivity index (χ1) is 6.03. The first-order valence-electron chi connectivity index (χ1n) is 5.20. The van der Waals surface area contributed by atoms with Crippen LogP contribution in [-0.4, -0.2) is 30.3 Å². The quantitative estimate of drug-likeness (QED) is 0.624. The second kappa shape index (κ2) is 4.23. The van der Waals surface area contributed by atoms with E-state index < -0.39 is 0 Å². The van der Waals surface area contributed by atoms with E-state index in [4.69, 9.17) is 0 Å². The molecule has 0 amide bonds. The van der Waals surface area contributed by atoms with Crippen molar-refractivity contribution >= 4 is 6.29 Å². The molecule has 76 valence electrons. The summed E-state index contributed by atoms with van der Waals surface area (Å²) in [5.74, 6) is 0. The molecule has 2 nitrogen and oxygen atoms in total. The van der Waals surface area contributed by atoms with Gasteiger partial charge in [-0.25, -0.2) is 0 Å². The molecule has 0 N–H and O–H groups in total. The Hall–Kier alpha value is -0.370. The van der Waals surface area contributed by atoms with E-state index in [1.807, 2.05) is 0 Å². The van der Waals surface area contributed by atoms with Gasteiger partial charge in [-0.1, -0.05) is 20.8 Å². The molecule has 1 saturated heterocycles. The Balaban J connectivity index is 2.43. The number of carbonyl (C=O) groups is 1. The largest absolute Gasteiger partial charge is 0.303 e. The SMILES string of the molecule is CC(C)(C)CN1CCCC1CC=O. The highest BCUT2D eigenvalue weighted by Gasteiger charge is 2.27. The first-order valence-corrected chi connectivity index (χ1v) is 5.20. The molecule has 13 heavy (non-hydrogen) atoms. The van der Waals surface area contributed by atoms with Crippen molar-refractivity contribution in [2.24, 2.45) is 5.41 Å². The summed E-state index contributed by atoms with van der Waals surface area (Å²) in [6.07, 6.45) is 4.24. The van der Waals surface area contributed by atoms with Crippen LogP contribution in [0.1, 0.15) is 40.0 Å². The number of hydrogen-bond donors (Lipinski definition) is 0. The summed E-state index contributed by atoms with van der Waals surface area (Å²) in [7, 11) is 0. The Morgan fingerprint density at radius 3 is 2.69 bits per heavy atom. The highest BCUT2D eigenvalue weighted by molar-refractivity contribution is 5.50. The lowest BCUT2D eigenvalue weighted by molar-refractivity contribution is -0.108. The van der Waals surface area contributed by atoms with E-state index in [1.165, 1.54) is 19.4 Å². The average Bonchev–Trinajstić information content (AvgIpc) is 2.34. The van der Waals surface area contributed by atoms with Gasteiger partial charge in [-0.2, -0.15) is 0 Å². The lowest BCUT2D eigenvalue weighted by Gasteiger charge is -2.30. The first kappa shape index (κ1) is 10.7. The summed E-state index contributed by atoms with van der Waals surface area (Å²) in [6, 6.07) is 0.525. The molecule has 1 atom stereocenters. The van der Waals surface area contributed by atoms with Crippen LogP contribution >= 0.6 is 0 Å². The van der Waals surface area contributed by atoms with Crippen LogP contribution in [0.2, 0.25) is 0 Å². The third-order valence-corrected chi connectivity index (χ3v) is 2.54. The Kier molecular flexibility index (Phi) is 3.48. The number of likely N-dealkylation sites (tertiary alicyclic amines) is 1. The molecule has 0 spiro atoms. The van der Waals surface area contributed by atoms with E-state index >= 15 is 0 Å². The van der Waals surface area contributed by atoms with E-state index in [1.54, 1.807) is 0 Å². The smallest absolute Gasteiger partial charge is 0.121 e. The van der Waals surface area contributed by atoms with Crippen molar-refractivity contribution in [2.75, 3.05) is 13.1 Å². The van der Waals surface area contributed by atoms with Gasteiger partial charge in [0.25, 0.3) is 0 Å². The third-order valence-electron chi connectivity index (χ3n) is 2.54. The van der Waals surface area contributed by atoms with Gasteiger partial charge in [0.1, 0.15) is 6.29 Å². The van der Waals surface area contributed by atoms with Gasteiger partial charge >= 0.3 is 0 Å². The zero-order chi connectivity index (χ0) is 9.90. The van der Waals surface area contributed by atoms with Crippen molar-refractivity contribution in [1.82, 2.24) is 4.90 Å². The number of nitrogens with zero attached hydrogens (tertiary/aromatic N) is 1. The molecule has 0 aliphatic carbocycles. The summed E-state index contributed by atoms with van der Waals surface area (Å²) in [4.78, 5) is 12.9. The number of aldehydes is 1. The fraction of sp³-hybridized carbons (Fsp3) is 0.909. The van der Waals surface area contributed by atoms with Crippen LogP contribution in [0.4, 0.5) is 0 Å². The molecule has 0 radical (unpaired) electrons. The Bertz CT molecular complexity index is 171. The van der Waals surface area contributed by atoms with Crippen LogP contribution in [-0.2, 0) is 4.79 Å². The van der Waals surface area contributed by atoms with Crippen molar-refractivity contribution in [1.29, 1.82) is 0 Å². The Labute approximate surface area is 81.3 Å². The predicted octanol–water partition coefficient (Wildman–Crippen LogP) is 2.09. The molecule has 1 unspecified atom stereocenters. The van der Waals surface area contributed by atoms with Crippen LogP contribution in [0.25, 0.3) is 0 Å². The highest BCUT2D eigenvalue weighted by Crippen LogP contribution is 2.24. The zero-order valence-electron chi connectivity index (χ0n) is 9.05. The molecule has 1 fully saturated rings. The molecule has 1 rings (SSSR count). The van der Waals surface area contributed by atoms with Crippen LogP contribution in [0.3, 0.4) is 0 Å². The van der Waals surface area contributed by atoms with Crippen LogP contribution in [0.15, 0.2) is 0 Å². The molecule has 0 bridgehead atoms. The number of carbonyl (C=O) groups excluding carboxylic acids is 1. The predicted molar refractivity (Wildman–Crippen MR) is 54.7 cm³/mol. The fourth-order valence-corrected chi connectivity index (χ4v) is 2.09. The van der Waals surface area contributed by atoms with E-state index in [-0.39, 0.29) is 0 Å². The maximum Gasteiger partial charge on any atom is 0.121 e. The second-order valence-electron chi connectivity index (χ2n) is 5.23. The molecular weight excluding hydrogens is 162 g/mol. The normalized spacial score (nSPS) is 25.0. The van der Waals surface area contributed by atoms with Crippen molar-refractivity contribution in [2.45, 2.75) is 46.1 Å². The van der Waals surface area contributed by atoms with E-state index in [2.05, 4.69) is 25.7 Å². The summed E-state index contributed by atoms with van der Waals surface area (Å²) < 4.78 is 0. The monoisotopic (exact) mass is 183 g/mol. The van der Waals surface area contributed by atoms with Gasteiger partial charge in [-0.05, 0) is 24.8 Å². The van der Waals surface area contributed by atoms with Crippen LogP contribution in [0, 0.1) is 5.41 Å². The second-order valence-corrected chi connectivity index (χ2v) is 5.23. The minimum Gasteiger partial charge on any atom is -0.303 e. The molecule has 1 aliphatic rings. The maximum absolute atomic E-state index is 10.4. The highest BCUT2D eigenvalue weighted by atomic mass is 16.1. The zero-order valence-corrected chi connectivity index (χ0v) is 9.05. The Morgan fingerprint density at radius 2 is 2.15 bits per heavy atom. The van der Waals surface area contributed by atoms with Gasteiger partial charge in [-0.15, -0.1) is 0 Å². The van der Waals surface area contributed by atoms with Crippen LogP contribution in [0.5, 0.6) is 0 Å². The Morgan fingerprint density at radius 1 is 1.46 bits per heavy atom. The van der Waals surface area contributed by atoms with Crippen molar-refractivity contribution < 1.29 is 4.79 Å². The topological polar surface area (TPSA) is 20.3 Å². The fourth-order valence-electron chi connectivity index (χ4n) is 2.09. The molecule has 0 aromatic heterocycles. The molecule has 2 heteroatoms. The van der Waals surface area contributed by atoms with Gasteiger partial charge in [0.15, 0.2) is 0 Å². The van der Waals surface area contributed by atoms with Crippen molar-refractivity contribution in [3.63, 3.8) is 0 Å². The third kappa shape index (κ3) is 3.47. The summed E-state index contributed by atoms with van der Waals surface area (Å²) in [5.41, 5.74) is 0.353. The number of hydrogen-bond acceptors (Lipinski definition) is 2. The van der Waals surface area contributed by atoms with E-state index in [9.17, 15) is 4.79 Å². The van der Waals surface area contributed by atoms with Crippen LogP contribution < -0.4 is 0 Å². The average molecular weight is 183 g/mol. The standard InChI is InChI=1S/C11H21NO/c1-11(2,3)9-12-7-4-5-10(12)6-8-13/h8,10H,4-7,9H2,1-3H3. The van der Waals surface area contributed by atoms with Gasteiger partial charge in [0.05, 0.1) is 0 Å². The van der Waals surface area contributed by atoms with Crippen molar-refractivity contribution in [3.8, 4) is 0 Å². The summed E-state index contributed by atoms with van der Waals surface area (Å²) in [6.45, 7) is 9.05. The lowest BCUT2D eigenvalue weighted by Crippen LogP contribution is -2.36. The minimum atomic E-state index is 0.353. The number of rotatable bonds is 3. The lowest BCUT2D eigenvalue weighted by atomic mass is 9.95. The molecule has 0 saturated carbocycles. The summed E-state index contributed by atoms with van der Waals surface area (Å²) in [5, 5.41) is 0. The molecular formula is C11H21NO. The molecule has 1 heterocycles. The van der Waals surface area contributed by atoms with E-state index in [0.29, 0.717) is 11.5 Å². The molecule has 1 aliphatic heterocycles. The van der Waals surface area contributed by atoms with Gasteiger partial charge in [0, 0.05) is 19.0 Å². The van der Waals surface area contributed by atoms with Gasteiger partial charge < -0.3 is 4.79 Å². The minimum absolute atomic E-state index is 0.353. The van der Waals surface area contributed by atoms with Gasteiger partial charge in [0.2, 0.25) is 0 Å². The molecule has 0 aromatic carbocycles. The summed E-state index contributed by atoms with van der Waals surface area (Å²) >= 11 is 0. The van der Waals surface area contributed by atoms with E-state index in [0.717, 1.165) is 19.3 Å². The maximum atomic E-state index is 10.4. The van der Waals surface area contributed by atoms with Gasteiger partial charge in [-0.3, -0.25) is 4.90 Å². The molecule has 0 aromatic rings. The van der Waals surface area contributed by atoms with Crippen molar-refractivity contribution in [3.05, 3.63) is 0 Å².